The van der Waals surface area contributed by atoms with E-state index < -0.39 is 0 Å². The molecule has 31 heavy (non-hydrogen) atoms. The van der Waals surface area contributed by atoms with Crippen LogP contribution in [-0.2, 0) is 12.8 Å². The number of nitrogens with zero attached hydrogens (tertiary/aromatic N) is 4. The number of thiophene rings is 1. The van der Waals surface area contributed by atoms with Crippen LogP contribution in [0.25, 0.3) is 10.2 Å². The minimum Gasteiger partial charge on any atom is -0.495 e. The molecule has 0 N–H and O–H groups in total. The maximum absolute atomic E-state index is 13.6. The average molecular weight is 439 g/mol. The fourth-order valence-corrected chi connectivity index (χ4v) is 6.18. The van der Waals surface area contributed by atoms with Gasteiger partial charge in [0.1, 0.15) is 10.6 Å². The van der Waals surface area contributed by atoms with E-state index in [0.29, 0.717) is 0 Å². The summed E-state index contributed by atoms with van der Waals surface area (Å²) in [7, 11) is 1.72. The molecular formula is C24H30N4O2S. The summed E-state index contributed by atoms with van der Waals surface area (Å²) in [6.45, 7) is 7.56. The Labute approximate surface area is 187 Å². The Morgan fingerprint density at radius 1 is 1.03 bits per heavy atom. The molecule has 164 valence electrons. The number of rotatable bonds is 4. The van der Waals surface area contributed by atoms with Gasteiger partial charge in [-0.25, -0.2) is 4.98 Å². The van der Waals surface area contributed by atoms with Crippen molar-refractivity contribution in [2.75, 3.05) is 43.1 Å². The van der Waals surface area contributed by atoms with Gasteiger partial charge in [-0.05, 0) is 57.2 Å². The summed E-state index contributed by atoms with van der Waals surface area (Å²) < 4.78 is 7.47. The molecule has 3 heterocycles. The Kier molecular flexibility index (Phi) is 5.38. The summed E-state index contributed by atoms with van der Waals surface area (Å²) in [5, 5.41) is 0.879. The number of hydrogen-bond acceptors (Lipinski definition) is 6. The smallest absolute Gasteiger partial charge is 0.264 e. The van der Waals surface area contributed by atoms with E-state index in [1.165, 1.54) is 23.3 Å². The van der Waals surface area contributed by atoms with E-state index in [9.17, 15) is 4.79 Å². The van der Waals surface area contributed by atoms with Gasteiger partial charge in [0.25, 0.3) is 5.56 Å². The summed E-state index contributed by atoms with van der Waals surface area (Å²) in [4.78, 5) is 25.6. The molecule has 1 fully saturated rings. The van der Waals surface area contributed by atoms with Crippen LogP contribution in [-0.4, -0.2) is 42.8 Å². The number of benzene rings is 1. The molecule has 3 aromatic rings. The fraction of sp³-hybridized carbons (Fsp3) is 0.500. The molecule has 2 aromatic heterocycles. The molecule has 0 spiro atoms. The fourth-order valence-electron chi connectivity index (χ4n) is 4.93. The number of methoxy groups -OCH3 is 1. The van der Waals surface area contributed by atoms with Crippen molar-refractivity contribution in [2.24, 2.45) is 0 Å². The number of para-hydroxylation sites is 2. The second kappa shape index (κ2) is 8.19. The zero-order chi connectivity index (χ0) is 21.5. The van der Waals surface area contributed by atoms with E-state index in [2.05, 4.69) is 35.8 Å². The molecule has 1 aromatic carbocycles. The van der Waals surface area contributed by atoms with Gasteiger partial charge < -0.3 is 14.5 Å². The lowest BCUT2D eigenvalue weighted by Crippen LogP contribution is -2.48. The van der Waals surface area contributed by atoms with E-state index in [0.717, 1.165) is 66.6 Å². The molecule has 0 saturated carbocycles. The van der Waals surface area contributed by atoms with Gasteiger partial charge in [-0.15, -0.1) is 11.3 Å². The van der Waals surface area contributed by atoms with Crippen LogP contribution in [0.4, 0.5) is 11.6 Å². The Bertz CT molecular complexity index is 1160. The Hall–Kier alpha value is -2.54. The van der Waals surface area contributed by atoms with Gasteiger partial charge in [-0.1, -0.05) is 12.1 Å². The number of aryl methyl sites for hydroxylation is 2. The van der Waals surface area contributed by atoms with Gasteiger partial charge in [0.15, 0.2) is 0 Å². The first-order valence-corrected chi connectivity index (χ1v) is 12.1. The predicted octanol–water partition coefficient (Wildman–Crippen LogP) is 4.25. The molecule has 2 aliphatic rings. The van der Waals surface area contributed by atoms with Crippen molar-refractivity contribution >= 4 is 33.2 Å². The summed E-state index contributed by atoms with van der Waals surface area (Å²) in [6.07, 6.45) is 4.49. The van der Waals surface area contributed by atoms with Crippen LogP contribution in [0, 0.1) is 0 Å². The van der Waals surface area contributed by atoms with Gasteiger partial charge in [0.2, 0.25) is 5.95 Å². The van der Waals surface area contributed by atoms with Crippen molar-refractivity contribution in [1.29, 1.82) is 0 Å². The predicted molar refractivity (Wildman–Crippen MR) is 128 cm³/mol. The molecule has 0 unspecified atom stereocenters. The van der Waals surface area contributed by atoms with E-state index in [4.69, 9.17) is 9.72 Å². The summed E-state index contributed by atoms with van der Waals surface area (Å²) >= 11 is 1.74. The molecule has 6 nitrogen and oxygen atoms in total. The van der Waals surface area contributed by atoms with E-state index in [1.54, 1.807) is 18.4 Å². The largest absolute Gasteiger partial charge is 0.495 e. The molecule has 0 amide bonds. The SMILES string of the molecule is COc1ccccc1N1CCN(c2nc3sc4c(c3c(=O)n2C(C)C)CCCC4)CC1. The highest BCUT2D eigenvalue weighted by Crippen LogP contribution is 2.35. The maximum atomic E-state index is 13.6. The van der Waals surface area contributed by atoms with Crippen LogP contribution >= 0.6 is 11.3 Å². The zero-order valence-electron chi connectivity index (χ0n) is 18.6. The molecule has 1 saturated heterocycles. The van der Waals surface area contributed by atoms with Gasteiger partial charge in [-0.3, -0.25) is 9.36 Å². The van der Waals surface area contributed by atoms with Gasteiger partial charge in [-0.2, -0.15) is 0 Å². The molecule has 1 aliphatic heterocycles. The topological polar surface area (TPSA) is 50.6 Å². The number of ether oxygens (including phenoxy) is 1. The van der Waals surface area contributed by atoms with E-state index in [-0.39, 0.29) is 11.6 Å². The third kappa shape index (κ3) is 3.49. The number of piperazine rings is 1. The van der Waals surface area contributed by atoms with Crippen LogP contribution in [0.5, 0.6) is 5.75 Å². The van der Waals surface area contributed by atoms with Crippen molar-refractivity contribution in [3.8, 4) is 5.75 Å². The summed E-state index contributed by atoms with van der Waals surface area (Å²) in [6, 6.07) is 8.24. The lowest BCUT2D eigenvalue weighted by molar-refractivity contribution is 0.413. The minimum atomic E-state index is 0.0748. The maximum Gasteiger partial charge on any atom is 0.264 e. The minimum absolute atomic E-state index is 0.0748. The third-order valence-corrected chi connectivity index (χ3v) is 7.69. The number of anilines is 2. The molecule has 0 radical (unpaired) electrons. The number of fused-ring (bicyclic) bond motifs is 3. The van der Waals surface area contributed by atoms with Crippen LogP contribution in [0.2, 0.25) is 0 Å². The highest BCUT2D eigenvalue weighted by atomic mass is 32.1. The van der Waals surface area contributed by atoms with Crippen LogP contribution in [0.1, 0.15) is 43.2 Å². The molecule has 1 aliphatic carbocycles. The van der Waals surface area contributed by atoms with Crippen molar-refractivity contribution in [1.82, 2.24) is 9.55 Å². The normalized spacial score (nSPS) is 16.8. The van der Waals surface area contributed by atoms with Crippen molar-refractivity contribution < 1.29 is 4.74 Å². The number of hydrogen-bond donors (Lipinski definition) is 0. The highest BCUT2D eigenvalue weighted by Gasteiger charge is 2.27. The quantitative estimate of drug-likeness (QED) is 0.609. The van der Waals surface area contributed by atoms with Gasteiger partial charge in [0, 0.05) is 37.1 Å². The lowest BCUT2D eigenvalue weighted by atomic mass is 9.97. The van der Waals surface area contributed by atoms with Crippen molar-refractivity contribution in [3.63, 3.8) is 0 Å². The standard InChI is InChI=1S/C24H30N4O2S/c1-16(2)28-23(29)21-17-8-4-7-11-20(17)31-22(21)25-24(28)27-14-12-26(13-15-27)18-9-5-6-10-19(18)30-3/h5-6,9-10,16H,4,7-8,11-15H2,1-3H3. The molecule has 7 heteroatoms. The molecule has 0 bridgehead atoms. The first kappa shape index (κ1) is 20.4. The third-order valence-electron chi connectivity index (χ3n) is 6.51. The second-order valence-electron chi connectivity index (χ2n) is 8.72. The first-order valence-electron chi connectivity index (χ1n) is 11.3. The first-order chi connectivity index (χ1) is 15.1. The Morgan fingerprint density at radius 2 is 1.74 bits per heavy atom. The lowest BCUT2D eigenvalue weighted by Gasteiger charge is -2.38. The Balaban J connectivity index is 1.49. The van der Waals surface area contributed by atoms with Crippen LogP contribution in [0.15, 0.2) is 29.1 Å². The number of aromatic nitrogens is 2. The summed E-state index contributed by atoms with van der Waals surface area (Å²) in [5.74, 6) is 1.73. The van der Waals surface area contributed by atoms with Gasteiger partial charge >= 0.3 is 0 Å². The average Bonchev–Trinajstić information content (AvgIpc) is 3.17. The molecule has 0 atom stereocenters. The highest BCUT2D eigenvalue weighted by molar-refractivity contribution is 7.18. The van der Waals surface area contributed by atoms with Gasteiger partial charge in [0.05, 0.1) is 18.2 Å². The second-order valence-corrected chi connectivity index (χ2v) is 9.80. The molecule has 5 rings (SSSR count). The van der Waals surface area contributed by atoms with Crippen molar-refractivity contribution in [2.45, 2.75) is 45.6 Å². The van der Waals surface area contributed by atoms with Crippen molar-refractivity contribution in [3.05, 3.63) is 45.1 Å². The Morgan fingerprint density at radius 3 is 2.48 bits per heavy atom. The van der Waals surface area contributed by atoms with E-state index in [1.807, 2.05) is 16.7 Å². The monoisotopic (exact) mass is 438 g/mol. The van der Waals surface area contributed by atoms with Crippen LogP contribution < -0.4 is 20.1 Å². The van der Waals surface area contributed by atoms with Crippen LogP contribution in [0.3, 0.4) is 0 Å². The van der Waals surface area contributed by atoms with E-state index >= 15 is 0 Å². The summed E-state index contributed by atoms with van der Waals surface area (Å²) in [5.41, 5.74) is 2.53. The zero-order valence-corrected chi connectivity index (χ0v) is 19.4. The molecular weight excluding hydrogens is 408 g/mol.